The van der Waals surface area contributed by atoms with E-state index in [1.165, 1.54) is 12.4 Å². The number of hydrogen-bond acceptors (Lipinski definition) is 14. The highest BCUT2D eigenvalue weighted by Crippen LogP contribution is 2.28. The van der Waals surface area contributed by atoms with Crippen molar-refractivity contribution in [2.75, 3.05) is 50.2 Å². The van der Waals surface area contributed by atoms with Gasteiger partial charge in [-0.05, 0) is 32.3 Å². The van der Waals surface area contributed by atoms with Gasteiger partial charge in [-0.2, -0.15) is 0 Å². The number of anilines is 2. The topological polar surface area (TPSA) is 208 Å². The summed E-state index contributed by atoms with van der Waals surface area (Å²) < 4.78 is 11.1. The van der Waals surface area contributed by atoms with Crippen LogP contribution in [0.3, 0.4) is 0 Å². The van der Waals surface area contributed by atoms with Crippen molar-refractivity contribution >= 4 is 68.1 Å². The number of carboxylic acid groups (broad SMARTS) is 2. The Bertz CT molecular complexity index is 1730. The minimum absolute atomic E-state index is 0.115. The van der Waals surface area contributed by atoms with Crippen LogP contribution >= 0.6 is 22.7 Å². The molecule has 0 radical (unpaired) electrons. The van der Waals surface area contributed by atoms with Gasteiger partial charge in [0.05, 0.1) is 36.7 Å². The molecular weight excluding hydrogens is 689 g/mol. The predicted molar refractivity (Wildman–Crippen MR) is 189 cm³/mol. The first kappa shape index (κ1) is 36.8. The molecule has 4 atom stereocenters. The zero-order chi connectivity index (χ0) is 35.9. The van der Waals surface area contributed by atoms with Gasteiger partial charge in [-0.1, -0.05) is 28.7 Å². The molecule has 16 nitrogen and oxygen atoms in total. The second kappa shape index (κ2) is 16.5. The Morgan fingerprint density at radius 1 is 0.820 bits per heavy atom. The molecule has 4 aliphatic heterocycles. The summed E-state index contributed by atoms with van der Waals surface area (Å²) in [6.07, 6.45) is 8.48. The van der Waals surface area contributed by atoms with Crippen molar-refractivity contribution in [2.45, 2.75) is 63.8 Å². The molecular formula is C32H40N8O8S2. The summed E-state index contributed by atoms with van der Waals surface area (Å²) in [5.74, 6) is -2.27. The van der Waals surface area contributed by atoms with Gasteiger partial charge in [0, 0.05) is 65.1 Å². The van der Waals surface area contributed by atoms with E-state index < -0.39 is 11.9 Å². The number of nitrogens with one attached hydrogen (secondary N) is 2. The fourth-order valence-corrected chi connectivity index (χ4v) is 7.47. The highest BCUT2D eigenvalue weighted by Gasteiger charge is 2.34. The van der Waals surface area contributed by atoms with Gasteiger partial charge in [-0.15, -0.1) is 0 Å². The summed E-state index contributed by atoms with van der Waals surface area (Å²) in [4.78, 5) is 67.8. The van der Waals surface area contributed by atoms with Crippen LogP contribution in [0.25, 0.3) is 0 Å². The number of ether oxygens (including phenoxy) is 2. The zero-order valence-corrected chi connectivity index (χ0v) is 29.8. The molecule has 4 N–H and O–H groups in total. The normalized spacial score (nSPS) is 23.2. The molecule has 268 valence electrons. The van der Waals surface area contributed by atoms with E-state index in [-0.39, 0.29) is 45.9 Å². The number of nitrogens with zero attached hydrogens (tertiary/aromatic N) is 6. The number of thiazole rings is 2. The molecule has 6 heterocycles. The molecule has 0 aromatic carbocycles. The molecule has 0 bridgehead atoms. The summed E-state index contributed by atoms with van der Waals surface area (Å²) in [5, 5.41) is 25.4. The number of carboxylic acids is 2. The highest BCUT2D eigenvalue weighted by atomic mass is 32.1. The molecule has 2 aromatic rings. The first-order valence-electron chi connectivity index (χ1n) is 16.0. The van der Waals surface area contributed by atoms with Gasteiger partial charge < -0.3 is 40.1 Å². The number of carbonyl (C=O) groups is 4. The Kier molecular flexibility index (Phi) is 12.1. The Balaban J connectivity index is 0.000000194. The average molecular weight is 729 g/mol. The van der Waals surface area contributed by atoms with Crippen LogP contribution in [-0.4, -0.2) is 120 Å². The zero-order valence-electron chi connectivity index (χ0n) is 28.1. The van der Waals surface area contributed by atoms with E-state index in [0.29, 0.717) is 73.5 Å². The molecule has 0 aliphatic carbocycles. The van der Waals surface area contributed by atoms with Gasteiger partial charge in [-0.3, -0.25) is 19.6 Å². The lowest BCUT2D eigenvalue weighted by molar-refractivity contribution is -0.117. The third-order valence-corrected chi connectivity index (χ3v) is 10.7. The number of methoxy groups -OCH3 is 2. The molecule has 4 aliphatic rings. The Morgan fingerprint density at radius 2 is 1.32 bits per heavy atom. The number of piperidine rings is 2. The van der Waals surface area contributed by atoms with Crippen LogP contribution in [0.2, 0.25) is 0 Å². The Labute approximate surface area is 296 Å². The number of aromatic carboxylic acids is 2. The Hall–Kier alpha value is -4.52. The largest absolute Gasteiger partial charge is 0.477 e. The van der Waals surface area contributed by atoms with Crippen molar-refractivity contribution < 1.29 is 38.9 Å². The molecule has 0 unspecified atom stereocenters. The number of aliphatic imine (C=N–C) groups is 2. The quantitative estimate of drug-likeness (QED) is 0.279. The fraction of sp³-hybridized carbons (Fsp3) is 0.500. The molecule has 2 aromatic heterocycles. The van der Waals surface area contributed by atoms with Gasteiger partial charge in [-0.25, -0.2) is 19.6 Å². The standard InChI is InChI=1S/2C16H20N4O4S/c1-9-5-11(17-6-9)14(21)19-10-3-4-20(8-12(10)24-2)16-18-7-13(25-16)15(22)23;1-9-3-4-11(18-9)14(21)19-10-5-6-20(8-12(10)24-2)16-17-7-13(25-16)15(22)23/h6-7,10,12H,3-5,8H2,1-2H3,(H,19,21)(H,22,23);3,7,10,12H,4-6,8H2,1-2H3,(H,19,21)(H,22,23)/t2*10-,12+/m11/s1. The maximum absolute atomic E-state index is 12.3. The molecule has 2 fully saturated rings. The SMILES string of the molecule is CO[C@H]1CN(c2ncc(C(=O)O)s2)CC[C@H]1NC(=O)C1=NC(C)=CC1.CO[C@H]1CN(c2ncc(C(=O)O)s2)CC[C@H]1NC(=O)C1=NC=C(C)C1. The van der Waals surface area contributed by atoms with Crippen molar-refractivity contribution in [2.24, 2.45) is 9.98 Å². The van der Waals surface area contributed by atoms with Crippen LogP contribution in [0.1, 0.15) is 58.9 Å². The third-order valence-electron chi connectivity index (χ3n) is 8.62. The monoisotopic (exact) mass is 728 g/mol. The number of allylic oxidation sites excluding steroid dienone is 3. The predicted octanol–water partition coefficient (Wildman–Crippen LogP) is 2.60. The van der Waals surface area contributed by atoms with Crippen LogP contribution in [0.4, 0.5) is 10.3 Å². The van der Waals surface area contributed by atoms with Gasteiger partial charge in [0.25, 0.3) is 11.8 Å². The van der Waals surface area contributed by atoms with Crippen molar-refractivity contribution in [1.82, 2.24) is 20.6 Å². The molecule has 0 saturated carbocycles. The lowest BCUT2D eigenvalue weighted by atomic mass is 10.0. The van der Waals surface area contributed by atoms with Gasteiger partial charge in [0.1, 0.15) is 21.2 Å². The minimum Gasteiger partial charge on any atom is -0.477 e. The molecule has 6 rings (SSSR count). The summed E-state index contributed by atoms with van der Waals surface area (Å²) in [6, 6.07) is -0.229. The summed E-state index contributed by atoms with van der Waals surface area (Å²) in [6.45, 7) is 6.23. The smallest absolute Gasteiger partial charge is 0.347 e. The number of aromatic nitrogens is 2. The number of rotatable bonds is 10. The van der Waals surface area contributed by atoms with E-state index in [9.17, 15) is 19.2 Å². The van der Waals surface area contributed by atoms with Crippen LogP contribution in [0.15, 0.2) is 45.9 Å². The first-order chi connectivity index (χ1) is 23.9. The van der Waals surface area contributed by atoms with E-state index in [1.807, 2.05) is 29.7 Å². The van der Waals surface area contributed by atoms with Gasteiger partial charge in [0.15, 0.2) is 10.3 Å². The number of hydrogen-bond donors (Lipinski definition) is 4. The highest BCUT2D eigenvalue weighted by molar-refractivity contribution is 7.17. The molecule has 0 spiro atoms. The minimum atomic E-state index is -0.976. The number of carbonyl (C=O) groups excluding carboxylic acids is 2. The third kappa shape index (κ3) is 8.98. The summed E-state index contributed by atoms with van der Waals surface area (Å²) in [5.41, 5.74) is 2.99. The van der Waals surface area contributed by atoms with Crippen molar-refractivity contribution in [3.63, 3.8) is 0 Å². The van der Waals surface area contributed by atoms with Crippen molar-refractivity contribution in [3.05, 3.63) is 45.7 Å². The van der Waals surface area contributed by atoms with Crippen LogP contribution < -0.4 is 20.4 Å². The van der Waals surface area contributed by atoms with E-state index in [1.54, 1.807) is 20.4 Å². The van der Waals surface area contributed by atoms with Gasteiger partial charge in [0.2, 0.25) is 0 Å². The Morgan fingerprint density at radius 3 is 1.70 bits per heavy atom. The fourth-order valence-electron chi connectivity index (χ4n) is 5.89. The second-order valence-corrected chi connectivity index (χ2v) is 14.2. The molecule has 2 amide bonds. The van der Waals surface area contributed by atoms with Crippen molar-refractivity contribution in [1.29, 1.82) is 0 Å². The summed E-state index contributed by atoms with van der Waals surface area (Å²) >= 11 is 2.28. The lowest BCUT2D eigenvalue weighted by Gasteiger charge is -2.37. The molecule has 50 heavy (non-hydrogen) atoms. The van der Waals surface area contributed by atoms with E-state index >= 15 is 0 Å². The number of amides is 2. The van der Waals surface area contributed by atoms with E-state index in [0.717, 1.165) is 33.9 Å². The maximum atomic E-state index is 12.3. The van der Waals surface area contributed by atoms with Crippen LogP contribution in [0.5, 0.6) is 0 Å². The lowest BCUT2D eigenvalue weighted by Crippen LogP contribution is -2.55. The van der Waals surface area contributed by atoms with E-state index in [2.05, 4.69) is 30.6 Å². The van der Waals surface area contributed by atoms with E-state index in [4.69, 9.17) is 19.7 Å². The van der Waals surface area contributed by atoms with Gasteiger partial charge >= 0.3 is 11.9 Å². The van der Waals surface area contributed by atoms with Crippen LogP contribution in [0, 0.1) is 0 Å². The second-order valence-electron chi connectivity index (χ2n) is 12.1. The summed E-state index contributed by atoms with van der Waals surface area (Å²) in [7, 11) is 3.22. The van der Waals surface area contributed by atoms with Crippen molar-refractivity contribution in [3.8, 4) is 0 Å². The first-order valence-corrected chi connectivity index (χ1v) is 17.6. The molecule has 18 heteroatoms. The van der Waals surface area contributed by atoms with Crippen LogP contribution in [-0.2, 0) is 19.1 Å². The molecule has 2 saturated heterocycles. The maximum Gasteiger partial charge on any atom is 0.347 e. The average Bonchev–Trinajstić information content (AvgIpc) is 3.93.